The largest absolute Gasteiger partial charge is 0.478 e. The first-order chi connectivity index (χ1) is 10.7. The summed E-state index contributed by atoms with van der Waals surface area (Å²) < 4.78 is 0. The van der Waals surface area contributed by atoms with Crippen LogP contribution in [-0.2, 0) is 0 Å². The Morgan fingerprint density at radius 2 is 1.77 bits per heavy atom. The van der Waals surface area contributed by atoms with Crippen molar-refractivity contribution in [3.63, 3.8) is 0 Å². The molecule has 1 fully saturated rings. The fourth-order valence-electron chi connectivity index (χ4n) is 2.90. The second kappa shape index (κ2) is 6.52. The molecule has 0 aromatic heterocycles. The summed E-state index contributed by atoms with van der Waals surface area (Å²) in [6, 6.07) is 17.9. The summed E-state index contributed by atoms with van der Waals surface area (Å²) in [5.74, 6) is -0.887. The number of aromatic carboxylic acids is 1. The van der Waals surface area contributed by atoms with Crippen LogP contribution in [-0.4, -0.2) is 30.2 Å². The standard InChI is InChI=1S/C18H20N2O2/c21-18(22)14-5-4-6-16(13-14)19-15-9-11-20(12-10-15)17-7-2-1-3-8-17/h1-8,13,15,19H,9-12H2,(H,21,22). The Bertz CT molecular complexity index is 635. The molecule has 2 aromatic rings. The third-order valence-electron chi connectivity index (χ3n) is 4.10. The molecule has 0 unspecified atom stereocenters. The summed E-state index contributed by atoms with van der Waals surface area (Å²) in [7, 11) is 0. The Morgan fingerprint density at radius 1 is 1.05 bits per heavy atom. The highest BCUT2D eigenvalue weighted by Gasteiger charge is 2.19. The van der Waals surface area contributed by atoms with Crippen molar-refractivity contribution in [3.05, 3.63) is 60.2 Å². The first-order valence-electron chi connectivity index (χ1n) is 7.62. The topological polar surface area (TPSA) is 52.6 Å². The molecule has 1 saturated heterocycles. The minimum absolute atomic E-state index is 0.326. The molecule has 3 rings (SSSR count). The van der Waals surface area contributed by atoms with Crippen LogP contribution in [0, 0.1) is 0 Å². The minimum atomic E-state index is -0.887. The summed E-state index contributed by atoms with van der Waals surface area (Å²) in [5, 5.41) is 12.5. The molecule has 1 aliphatic heterocycles. The molecule has 0 bridgehead atoms. The monoisotopic (exact) mass is 296 g/mol. The molecule has 22 heavy (non-hydrogen) atoms. The summed E-state index contributed by atoms with van der Waals surface area (Å²) in [6.07, 6.45) is 2.10. The molecule has 1 heterocycles. The molecule has 0 spiro atoms. The highest BCUT2D eigenvalue weighted by atomic mass is 16.4. The van der Waals surface area contributed by atoms with E-state index in [9.17, 15) is 4.79 Å². The van der Waals surface area contributed by atoms with Gasteiger partial charge in [-0.05, 0) is 43.2 Å². The lowest BCUT2D eigenvalue weighted by atomic mass is 10.0. The van der Waals surface area contributed by atoms with Crippen molar-refractivity contribution in [1.29, 1.82) is 0 Å². The van der Waals surface area contributed by atoms with E-state index in [2.05, 4.69) is 34.5 Å². The minimum Gasteiger partial charge on any atom is -0.478 e. The van der Waals surface area contributed by atoms with Crippen molar-refractivity contribution < 1.29 is 9.90 Å². The predicted octanol–water partition coefficient (Wildman–Crippen LogP) is 3.47. The van der Waals surface area contributed by atoms with Gasteiger partial charge in [-0.3, -0.25) is 0 Å². The maximum atomic E-state index is 11.0. The third kappa shape index (κ3) is 3.39. The van der Waals surface area contributed by atoms with Gasteiger partial charge in [0.05, 0.1) is 5.56 Å². The first kappa shape index (κ1) is 14.4. The predicted molar refractivity (Wildman–Crippen MR) is 88.7 cm³/mol. The number of nitrogens with one attached hydrogen (secondary N) is 1. The summed E-state index contributed by atoms with van der Waals surface area (Å²) in [4.78, 5) is 13.4. The zero-order valence-electron chi connectivity index (χ0n) is 12.4. The van der Waals surface area contributed by atoms with Crippen LogP contribution in [0.3, 0.4) is 0 Å². The normalized spacial score (nSPS) is 15.5. The summed E-state index contributed by atoms with van der Waals surface area (Å²) in [6.45, 7) is 2.03. The number of rotatable bonds is 4. The number of nitrogens with zero attached hydrogens (tertiary/aromatic N) is 1. The lowest BCUT2D eigenvalue weighted by molar-refractivity contribution is 0.0697. The Hall–Kier alpha value is -2.49. The SMILES string of the molecule is O=C(O)c1cccc(NC2CCN(c3ccccc3)CC2)c1. The van der Waals surface area contributed by atoms with Crippen LogP contribution in [0.5, 0.6) is 0 Å². The number of benzene rings is 2. The van der Waals surface area contributed by atoms with Crippen LogP contribution in [0.15, 0.2) is 54.6 Å². The second-order valence-corrected chi connectivity index (χ2v) is 5.63. The fourth-order valence-corrected chi connectivity index (χ4v) is 2.90. The summed E-state index contributed by atoms with van der Waals surface area (Å²) >= 11 is 0. The van der Waals surface area contributed by atoms with Gasteiger partial charge in [0.25, 0.3) is 0 Å². The summed E-state index contributed by atoms with van der Waals surface area (Å²) in [5.41, 5.74) is 2.48. The van der Waals surface area contributed by atoms with Crippen LogP contribution < -0.4 is 10.2 Å². The second-order valence-electron chi connectivity index (χ2n) is 5.63. The highest BCUT2D eigenvalue weighted by molar-refractivity contribution is 5.88. The molecular weight excluding hydrogens is 276 g/mol. The van der Waals surface area contributed by atoms with E-state index in [4.69, 9.17) is 5.11 Å². The Labute approximate surface area is 130 Å². The van der Waals surface area contributed by atoms with Crippen molar-refractivity contribution in [2.45, 2.75) is 18.9 Å². The number of para-hydroxylation sites is 1. The van der Waals surface area contributed by atoms with Gasteiger partial charge >= 0.3 is 5.97 Å². The van der Waals surface area contributed by atoms with Gasteiger partial charge in [0.15, 0.2) is 0 Å². The molecule has 0 saturated carbocycles. The fraction of sp³-hybridized carbons (Fsp3) is 0.278. The van der Waals surface area contributed by atoms with Gasteiger partial charge in [-0.1, -0.05) is 24.3 Å². The van der Waals surface area contributed by atoms with E-state index in [0.717, 1.165) is 31.6 Å². The molecule has 0 aliphatic carbocycles. The van der Waals surface area contributed by atoms with Crippen molar-refractivity contribution in [2.24, 2.45) is 0 Å². The Morgan fingerprint density at radius 3 is 2.45 bits per heavy atom. The first-order valence-corrected chi connectivity index (χ1v) is 7.62. The van der Waals surface area contributed by atoms with Crippen LogP contribution in [0.25, 0.3) is 0 Å². The molecule has 0 atom stereocenters. The van der Waals surface area contributed by atoms with Crippen molar-refractivity contribution in [1.82, 2.24) is 0 Å². The van der Waals surface area contributed by atoms with E-state index in [0.29, 0.717) is 11.6 Å². The number of piperidine rings is 1. The average molecular weight is 296 g/mol. The Balaban J connectivity index is 1.58. The zero-order chi connectivity index (χ0) is 15.4. The third-order valence-corrected chi connectivity index (χ3v) is 4.10. The smallest absolute Gasteiger partial charge is 0.335 e. The number of anilines is 2. The molecule has 114 valence electrons. The van der Waals surface area contributed by atoms with E-state index in [1.807, 2.05) is 12.1 Å². The molecule has 1 aliphatic rings. The molecule has 4 nitrogen and oxygen atoms in total. The lowest BCUT2D eigenvalue weighted by Crippen LogP contribution is -2.39. The van der Waals surface area contributed by atoms with Crippen LogP contribution in [0.1, 0.15) is 23.2 Å². The molecule has 2 aromatic carbocycles. The van der Waals surface area contributed by atoms with Gasteiger partial charge in [-0.15, -0.1) is 0 Å². The molecule has 2 N–H and O–H groups in total. The van der Waals surface area contributed by atoms with Gasteiger partial charge in [-0.25, -0.2) is 4.79 Å². The molecule has 0 amide bonds. The number of hydrogen-bond donors (Lipinski definition) is 2. The van der Waals surface area contributed by atoms with Gasteiger partial charge in [0.1, 0.15) is 0 Å². The molecular formula is C18H20N2O2. The Kier molecular flexibility index (Phi) is 4.28. The number of carboxylic acids is 1. The lowest BCUT2D eigenvalue weighted by Gasteiger charge is -2.34. The van der Waals surface area contributed by atoms with E-state index in [1.165, 1.54) is 5.69 Å². The van der Waals surface area contributed by atoms with E-state index in [1.54, 1.807) is 18.2 Å². The molecule has 0 radical (unpaired) electrons. The average Bonchev–Trinajstić information content (AvgIpc) is 2.56. The number of hydrogen-bond acceptors (Lipinski definition) is 3. The van der Waals surface area contributed by atoms with E-state index < -0.39 is 5.97 Å². The van der Waals surface area contributed by atoms with Crippen molar-refractivity contribution in [2.75, 3.05) is 23.3 Å². The van der Waals surface area contributed by atoms with Crippen LogP contribution >= 0.6 is 0 Å². The molecule has 4 heteroatoms. The van der Waals surface area contributed by atoms with Crippen molar-refractivity contribution >= 4 is 17.3 Å². The van der Waals surface area contributed by atoms with Gasteiger partial charge in [-0.2, -0.15) is 0 Å². The van der Waals surface area contributed by atoms with Gasteiger partial charge in [0.2, 0.25) is 0 Å². The van der Waals surface area contributed by atoms with Crippen LogP contribution in [0.4, 0.5) is 11.4 Å². The van der Waals surface area contributed by atoms with Crippen molar-refractivity contribution in [3.8, 4) is 0 Å². The quantitative estimate of drug-likeness (QED) is 0.907. The van der Waals surface area contributed by atoms with Gasteiger partial charge < -0.3 is 15.3 Å². The maximum Gasteiger partial charge on any atom is 0.335 e. The van der Waals surface area contributed by atoms with Crippen LogP contribution in [0.2, 0.25) is 0 Å². The maximum absolute atomic E-state index is 11.0. The number of carboxylic acid groups (broad SMARTS) is 1. The highest BCUT2D eigenvalue weighted by Crippen LogP contribution is 2.22. The zero-order valence-corrected chi connectivity index (χ0v) is 12.4. The number of carbonyl (C=O) groups is 1. The van der Waals surface area contributed by atoms with E-state index >= 15 is 0 Å². The van der Waals surface area contributed by atoms with E-state index in [-0.39, 0.29) is 0 Å². The van der Waals surface area contributed by atoms with Gasteiger partial charge in [0, 0.05) is 30.5 Å².